The van der Waals surface area contributed by atoms with Gasteiger partial charge < -0.3 is 5.32 Å². The number of thioether (sulfide) groups is 1. The number of fused-ring (bicyclic) bond motifs is 1. The number of carbonyl (C=O) groups is 1. The molecule has 0 saturated carbocycles. The number of hydrogen-bond acceptors (Lipinski definition) is 5. The van der Waals surface area contributed by atoms with Crippen LogP contribution in [0, 0.1) is 0 Å². The highest BCUT2D eigenvalue weighted by Crippen LogP contribution is 2.31. The average Bonchev–Trinajstić information content (AvgIpc) is 3.17. The summed E-state index contributed by atoms with van der Waals surface area (Å²) < 4.78 is 25.1. The summed E-state index contributed by atoms with van der Waals surface area (Å²) in [5.41, 5.74) is 3.84. The molecule has 0 unspecified atom stereocenters. The fourth-order valence-electron chi connectivity index (χ4n) is 3.39. The van der Waals surface area contributed by atoms with E-state index in [1.807, 2.05) is 42.5 Å². The Balaban J connectivity index is 1.44. The van der Waals surface area contributed by atoms with Crippen LogP contribution in [0.1, 0.15) is 21.5 Å². The molecule has 8 heteroatoms. The second-order valence-corrected chi connectivity index (χ2v) is 9.94. The van der Waals surface area contributed by atoms with E-state index in [0.717, 1.165) is 27.6 Å². The van der Waals surface area contributed by atoms with Gasteiger partial charge in [0.2, 0.25) is 10.0 Å². The number of pyridine rings is 1. The van der Waals surface area contributed by atoms with Gasteiger partial charge in [0.05, 0.1) is 17.0 Å². The van der Waals surface area contributed by atoms with Crippen LogP contribution in [0.4, 0.5) is 11.4 Å². The number of nitrogens with one attached hydrogen (secondary N) is 1. The predicted octanol–water partition coefficient (Wildman–Crippen LogP) is 3.95. The largest absolute Gasteiger partial charge is 0.322 e. The number of anilines is 2. The van der Waals surface area contributed by atoms with Crippen LogP contribution < -0.4 is 9.62 Å². The fraction of sp³-hybridized carbons (Fsp3) is 0.182. The highest BCUT2D eigenvalue weighted by molar-refractivity contribution is 7.98. The van der Waals surface area contributed by atoms with Gasteiger partial charge in [-0.2, -0.15) is 0 Å². The Labute approximate surface area is 180 Å². The van der Waals surface area contributed by atoms with Crippen LogP contribution in [-0.2, 0) is 22.2 Å². The van der Waals surface area contributed by atoms with Crippen LogP contribution in [0.3, 0.4) is 0 Å². The first-order valence-electron chi connectivity index (χ1n) is 9.45. The maximum Gasteiger partial charge on any atom is 0.255 e. The van der Waals surface area contributed by atoms with E-state index in [1.54, 1.807) is 36.2 Å². The van der Waals surface area contributed by atoms with Crippen molar-refractivity contribution in [2.75, 3.05) is 22.4 Å². The molecule has 4 rings (SSSR count). The summed E-state index contributed by atoms with van der Waals surface area (Å²) in [7, 11) is -3.30. The van der Waals surface area contributed by atoms with Gasteiger partial charge in [-0.1, -0.05) is 18.2 Å². The number of nitrogens with zero attached hydrogens (tertiary/aromatic N) is 2. The summed E-state index contributed by atoms with van der Waals surface area (Å²) in [5.74, 6) is 0.533. The molecule has 30 heavy (non-hydrogen) atoms. The number of benzene rings is 2. The molecule has 0 atom stereocenters. The number of sulfonamides is 1. The highest BCUT2D eigenvalue weighted by Gasteiger charge is 2.26. The number of amides is 1. The van der Waals surface area contributed by atoms with E-state index in [-0.39, 0.29) is 5.91 Å². The Morgan fingerprint density at radius 2 is 2.00 bits per heavy atom. The maximum absolute atomic E-state index is 12.7. The minimum absolute atomic E-state index is 0.217. The summed E-state index contributed by atoms with van der Waals surface area (Å²) in [6.07, 6.45) is 3.57. The molecule has 1 amide bonds. The zero-order chi connectivity index (χ0) is 21.1. The monoisotopic (exact) mass is 439 g/mol. The minimum atomic E-state index is -3.30. The third-order valence-electron chi connectivity index (χ3n) is 4.80. The lowest BCUT2D eigenvalue weighted by Gasteiger charge is -2.16. The number of carbonyl (C=O) groups excluding carboxylic acids is 1. The molecule has 1 N–H and O–H groups in total. The lowest BCUT2D eigenvalue weighted by molar-refractivity contribution is 0.102. The van der Waals surface area contributed by atoms with Crippen LogP contribution in [0.2, 0.25) is 0 Å². The third-order valence-corrected chi connectivity index (χ3v) is 7.00. The molecule has 3 aromatic rings. The standard InChI is InChI=1S/C22H21N3O3S2/c1-30(27,28)25-12-10-17-14-18(8-9-20(17)25)22(26)24-19-6-4-5-16(13-19)15-29-21-7-2-3-11-23-21/h2-9,11,13-14H,10,12,15H2,1H3,(H,24,26). The Morgan fingerprint density at radius 1 is 1.13 bits per heavy atom. The van der Waals surface area contributed by atoms with Crippen molar-refractivity contribution in [3.05, 3.63) is 83.6 Å². The molecule has 154 valence electrons. The first-order valence-corrected chi connectivity index (χ1v) is 12.3. The van der Waals surface area contributed by atoms with Gasteiger partial charge in [-0.3, -0.25) is 9.10 Å². The number of aromatic nitrogens is 1. The van der Waals surface area contributed by atoms with Gasteiger partial charge in [-0.15, -0.1) is 11.8 Å². The molecule has 1 aliphatic rings. The van der Waals surface area contributed by atoms with Crippen LogP contribution in [0.15, 0.2) is 71.9 Å². The van der Waals surface area contributed by atoms with E-state index in [1.165, 1.54) is 10.6 Å². The Hall–Kier alpha value is -2.84. The van der Waals surface area contributed by atoms with Gasteiger partial charge >= 0.3 is 0 Å². The van der Waals surface area contributed by atoms with Gasteiger partial charge in [0.1, 0.15) is 0 Å². The lowest BCUT2D eigenvalue weighted by Crippen LogP contribution is -2.27. The SMILES string of the molecule is CS(=O)(=O)N1CCc2cc(C(=O)Nc3cccc(CSc4ccccn4)c3)ccc21. The normalized spacial score (nSPS) is 13.2. The molecule has 2 aromatic carbocycles. The molecule has 6 nitrogen and oxygen atoms in total. The van der Waals surface area contributed by atoms with Crippen molar-refractivity contribution in [3.63, 3.8) is 0 Å². The van der Waals surface area contributed by atoms with Crippen molar-refractivity contribution in [1.29, 1.82) is 0 Å². The van der Waals surface area contributed by atoms with E-state index in [2.05, 4.69) is 10.3 Å². The first kappa shape index (κ1) is 20.4. The molecular formula is C22H21N3O3S2. The summed E-state index contributed by atoms with van der Waals surface area (Å²) in [4.78, 5) is 17.0. The quantitative estimate of drug-likeness (QED) is 0.589. The van der Waals surface area contributed by atoms with Gasteiger partial charge in [-0.25, -0.2) is 13.4 Å². The minimum Gasteiger partial charge on any atom is -0.322 e. The summed E-state index contributed by atoms with van der Waals surface area (Å²) in [6.45, 7) is 0.412. The van der Waals surface area contributed by atoms with Crippen molar-refractivity contribution in [2.45, 2.75) is 17.2 Å². The van der Waals surface area contributed by atoms with Gasteiger partial charge in [0.15, 0.2) is 0 Å². The van der Waals surface area contributed by atoms with Crippen molar-refractivity contribution < 1.29 is 13.2 Å². The summed E-state index contributed by atoms with van der Waals surface area (Å²) in [6, 6.07) is 18.7. The van der Waals surface area contributed by atoms with E-state index in [4.69, 9.17) is 0 Å². The van der Waals surface area contributed by atoms with Crippen LogP contribution in [0.25, 0.3) is 0 Å². The first-order chi connectivity index (χ1) is 14.4. The third kappa shape index (κ3) is 4.66. The molecular weight excluding hydrogens is 418 g/mol. The molecule has 0 aliphatic carbocycles. The molecule has 1 aliphatic heterocycles. The number of rotatable bonds is 6. The van der Waals surface area contributed by atoms with E-state index in [9.17, 15) is 13.2 Å². The Bertz CT molecular complexity index is 1180. The van der Waals surface area contributed by atoms with Crippen LogP contribution in [0.5, 0.6) is 0 Å². The molecule has 0 radical (unpaired) electrons. The zero-order valence-corrected chi connectivity index (χ0v) is 18.0. The molecule has 1 aromatic heterocycles. The van der Waals surface area contributed by atoms with Crippen molar-refractivity contribution >= 4 is 39.1 Å². The summed E-state index contributed by atoms with van der Waals surface area (Å²) in [5, 5.41) is 3.89. The van der Waals surface area contributed by atoms with Crippen LogP contribution in [-0.4, -0.2) is 32.1 Å². The molecule has 0 spiro atoms. The average molecular weight is 440 g/mol. The molecule has 2 heterocycles. The fourth-order valence-corrected chi connectivity index (χ4v) is 5.15. The predicted molar refractivity (Wildman–Crippen MR) is 121 cm³/mol. The van der Waals surface area contributed by atoms with E-state index >= 15 is 0 Å². The van der Waals surface area contributed by atoms with E-state index in [0.29, 0.717) is 24.2 Å². The Morgan fingerprint density at radius 3 is 2.77 bits per heavy atom. The lowest BCUT2D eigenvalue weighted by atomic mass is 10.1. The second-order valence-electron chi connectivity index (χ2n) is 7.04. The van der Waals surface area contributed by atoms with Crippen molar-refractivity contribution in [1.82, 2.24) is 4.98 Å². The molecule has 0 saturated heterocycles. The van der Waals surface area contributed by atoms with Gasteiger partial charge in [-0.05, 0) is 60.0 Å². The summed E-state index contributed by atoms with van der Waals surface area (Å²) >= 11 is 1.64. The van der Waals surface area contributed by atoms with E-state index < -0.39 is 10.0 Å². The Kier molecular flexibility index (Phi) is 5.78. The van der Waals surface area contributed by atoms with Gasteiger partial charge in [0.25, 0.3) is 5.91 Å². The maximum atomic E-state index is 12.7. The number of hydrogen-bond donors (Lipinski definition) is 1. The molecule has 0 fully saturated rings. The zero-order valence-electron chi connectivity index (χ0n) is 16.4. The highest BCUT2D eigenvalue weighted by atomic mass is 32.2. The van der Waals surface area contributed by atoms with Gasteiger partial charge in [0, 0.05) is 29.7 Å². The van der Waals surface area contributed by atoms with Crippen molar-refractivity contribution in [2.24, 2.45) is 0 Å². The van der Waals surface area contributed by atoms with Crippen LogP contribution >= 0.6 is 11.8 Å². The van der Waals surface area contributed by atoms with Crippen molar-refractivity contribution in [3.8, 4) is 0 Å². The topological polar surface area (TPSA) is 79.4 Å². The second kappa shape index (κ2) is 8.49. The smallest absolute Gasteiger partial charge is 0.255 e. The molecule has 0 bridgehead atoms.